The fraction of sp³-hybridized carbons (Fsp3) is 0.409. The van der Waals surface area contributed by atoms with Gasteiger partial charge in [0, 0.05) is 52.6 Å². The lowest BCUT2D eigenvalue weighted by molar-refractivity contribution is 0.620. The third-order valence-corrected chi connectivity index (χ3v) is 6.35. The molecule has 27 heavy (non-hydrogen) atoms. The average molecular weight is 382 g/mol. The molecule has 2 aromatic heterocycles. The summed E-state index contributed by atoms with van der Waals surface area (Å²) in [5, 5.41) is 4.81. The Morgan fingerprint density at radius 3 is 2.63 bits per heavy atom. The van der Waals surface area contributed by atoms with Crippen LogP contribution in [0.1, 0.15) is 38.5 Å². The topological polar surface area (TPSA) is 49.8 Å². The highest BCUT2D eigenvalue weighted by molar-refractivity contribution is 7.98. The number of aryl methyl sites for hydroxylation is 1. The summed E-state index contributed by atoms with van der Waals surface area (Å²) < 4.78 is 1.68. The number of aromatic amines is 1. The van der Waals surface area contributed by atoms with Crippen molar-refractivity contribution >= 4 is 28.4 Å². The molecule has 0 atom stereocenters. The molecular weight excluding hydrogens is 354 g/mol. The van der Waals surface area contributed by atoms with Crippen LogP contribution < -0.4 is 10.9 Å². The van der Waals surface area contributed by atoms with Crippen LogP contribution in [0.2, 0.25) is 0 Å². The molecule has 0 aliphatic heterocycles. The van der Waals surface area contributed by atoms with Crippen LogP contribution in [0.3, 0.4) is 0 Å². The lowest BCUT2D eigenvalue weighted by Gasteiger charge is -2.21. The molecule has 0 radical (unpaired) electrons. The molecule has 142 valence electrons. The molecule has 0 spiro atoms. The fourth-order valence-electron chi connectivity index (χ4n) is 4.13. The maximum Gasteiger partial charge on any atom is 0.274 e. The minimum absolute atomic E-state index is 0.0121. The van der Waals surface area contributed by atoms with Gasteiger partial charge >= 0.3 is 0 Å². The van der Waals surface area contributed by atoms with Crippen LogP contribution in [0.25, 0.3) is 22.0 Å². The van der Waals surface area contributed by atoms with E-state index in [9.17, 15) is 4.79 Å². The van der Waals surface area contributed by atoms with Crippen LogP contribution in [-0.2, 0) is 7.05 Å². The third kappa shape index (κ3) is 3.65. The third-order valence-electron chi connectivity index (χ3n) is 5.63. The summed E-state index contributed by atoms with van der Waals surface area (Å²) in [4.78, 5) is 16.8. The minimum atomic E-state index is 0.0121. The number of fused-ring (bicyclic) bond motifs is 1. The first kappa shape index (κ1) is 18.2. The molecule has 1 fully saturated rings. The van der Waals surface area contributed by atoms with Gasteiger partial charge in [-0.2, -0.15) is 0 Å². The van der Waals surface area contributed by atoms with Crippen molar-refractivity contribution in [2.75, 3.05) is 11.6 Å². The SMILES string of the molecule is CSc1ccc(NC2CCCCCC2)c(-c2cn(C)c(=O)c3[nH]ccc23)c1. The van der Waals surface area contributed by atoms with Crippen molar-refractivity contribution in [3.63, 3.8) is 0 Å². The number of nitrogens with one attached hydrogen (secondary N) is 2. The second-order valence-corrected chi connectivity index (χ2v) is 8.35. The van der Waals surface area contributed by atoms with Gasteiger partial charge in [-0.3, -0.25) is 4.79 Å². The molecular formula is C22H27N3OS. The first-order valence-corrected chi connectivity index (χ1v) is 11.0. The Kier molecular flexibility index (Phi) is 5.30. The van der Waals surface area contributed by atoms with Crippen LogP contribution in [0.5, 0.6) is 0 Å². The van der Waals surface area contributed by atoms with Crippen LogP contribution >= 0.6 is 11.8 Å². The average Bonchev–Trinajstić information content (AvgIpc) is 3.04. The van der Waals surface area contributed by atoms with E-state index < -0.39 is 0 Å². The Labute approximate surface area is 164 Å². The first-order valence-electron chi connectivity index (χ1n) is 9.79. The van der Waals surface area contributed by atoms with E-state index in [1.165, 1.54) is 54.7 Å². The molecule has 4 rings (SSSR count). The van der Waals surface area contributed by atoms with Crippen LogP contribution in [0.4, 0.5) is 5.69 Å². The lowest BCUT2D eigenvalue weighted by Crippen LogP contribution is -2.19. The molecule has 3 aromatic rings. The molecule has 0 amide bonds. The number of anilines is 1. The van der Waals surface area contributed by atoms with Crippen molar-refractivity contribution in [1.29, 1.82) is 0 Å². The number of pyridine rings is 1. The number of benzene rings is 1. The van der Waals surface area contributed by atoms with Crippen molar-refractivity contribution in [2.45, 2.75) is 49.5 Å². The first-order chi connectivity index (χ1) is 13.2. The highest BCUT2D eigenvalue weighted by atomic mass is 32.2. The molecule has 1 aliphatic rings. The molecule has 2 heterocycles. The quantitative estimate of drug-likeness (QED) is 0.470. The molecule has 1 saturated carbocycles. The van der Waals surface area contributed by atoms with Gasteiger partial charge in [-0.05, 0) is 43.4 Å². The second-order valence-electron chi connectivity index (χ2n) is 7.47. The zero-order chi connectivity index (χ0) is 18.8. The van der Waals surface area contributed by atoms with Crippen molar-refractivity contribution in [3.8, 4) is 11.1 Å². The monoisotopic (exact) mass is 381 g/mol. The fourth-order valence-corrected chi connectivity index (χ4v) is 4.57. The number of hydrogen-bond donors (Lipinski definition) is 2. The van der Waals surface area contributed by atoms with Crippen molar-refractivity contribution in [1.82, 2.24) is 9.55 Å². The number of aromatic nitrogens is 2. The molecule has 0 unspecified atom stereocenters. The lowest BCUT2D eigenvalue weighted by atomic mass is 10.0. The van der Waals surface area contributed by atoms with E-state index in [-0.39, 0.29) is 5.56 Å². The van der Waals surface area contributed by atoms with Crippen molar-refractivity contribution in [3.05, 3.63) is 47.0 Å². The van der Waals surface area contributed by atoms with E-state index in [0.29, 0.717) is 11.6 Å². The molecule has 4 nitrogen and oxygen atoms in total. The van der Waals surface area contributed by atoms with Gasteiger partial charge in [-0.25, -0.2) is 0 Å². The maximum atomic E-state index is 12.4. The summed E-state index contributed by atoms with van der Waals surface area (Å²) in [6.07, 6.45) is 13.7. The summed E-state index contributed by atoms with van der Waals surface area (Å²) in [7, 11) is 1.82. The summed E-state index contributed by atoms with van der Waals surface area (Å²) in [5.41, 5.74) is 4.12. The molecule has 5 heteroatoms. The normalized spacial score (nSPS) is 15.8. The van der Waals surface area contributed by atoms with Crippen molar-refractivity contribution < 1.29 is 0 Å². The molecule has 1 aliphatic carbocycles. The van der Waals surface area contributed by atoms with Crippen LogP contribution in [0.15, 0.2) is 46.3 Å². The summed E-state index contributed by atoms with van der Waals surface area (Å²) in [5.74, 6) is 0. The van der Waals surface area contributed by atoms with Gasteiger partial charge < -0.3 is 14.9 Å². The molecule has 1 aromatic carbocycles. The molecule has 0 saturated heterocycles. The van der Waals surface area contributed by atoms with Gasteiger partial charge in [0.25, 0.3) is 5.56 Å². The van der Waals surface area contributed by atoms with E-state index in [2.05, 4.69) is 34.8 Å². The number of thioether (sulfide) groups is 1. The number of nitrogens with zero attached hydrogens (tertiary/aromatic N) is 1. The van der Waals surface area contributed by atoms with Crippen LogP contribution in [-0.4, -0.2) is 21.8 Å². The Morgan fingerprint density at radius 1 is 1.11 bits per heavy atom. The van der Waals surface area contributed by atoms with Gasteiger partial charge in [0.1, 0.15) is 5.52 Å². The highest BCUT2D eigenvalue weighted by Crippen LogP contribution is 2.36. The largest absolute Gasteiger partial charge is 0.382 e. The molecule has 0 bridgehead atoms. The summed E-state index contributed by atoms with van der Waals surface area (Å²) in [6, 6.07) is 9.17. The van der Waals surface area contributed by atoms with Gasteiger partial charge in [0.15, 0.2) is 0 Å². The Bertz CT molecular complexity index is 996. The maximum absolute atomic E-state index is 12.4. The van der Waals surface area contributed by atoms with E-state index >= 15 is 0 Å². The van der Waals surface area contributed by atoms with E-state index in [0.717, 1.165) is 10.9 Å². The number of H-pyrrole nitrogens is 1. The number of hydrogen-bond acceptors (Lipinski definition) is 3. The van der Waals surface area contributed by atoms with Crippen molar-refractivity contribution in [2.24, 2.45) is 7.05 Å². The van der Waals surface area contributed by atoms with E-state index in [1.54, 1.807) is 16.3 Å². The number of rotatable bonds is 4. The zero-order valence-corrected chi connectivity index (χ0v) is 16.9. The predicted molar refractivity (Wildman–Crippen MR) is 116 cm³/mol. The van der Waals surface area contributed by atoms with Gasteiger partial charge in [-0.15, -0.1) is 11.8 Å². The summed E-state index contributed by atoms with van der Waals surface area (Å²) in [6.45, 7) is 0. The van der Waals surface area contributed by atoms with Crippen LogP contribution in [0, 0.1) is 0 Å². The smallest absolute Gasteiger partial charge is 0.274 e. The van der Waals surface area contributed by atoms with Gasteiger partial charge in [0.2, 0.25) is 0 Å². The standard InChI is InChI=1S/C22H27N3OS/c1-25-14-19(17-11-12-23-21(17)22(25)26)18-13-16(27-2)9-10-20(18)24-15-7-5-3-4-6-8-15/h9-15,23-24H,3-8H2,1-2H3. The second kappa shape index (κ2) is 7.85. The molecule has 2 N–H and O–H groups in total. The highest BCUT2D eigenvalue weighted by Gasteiger charge is 2.17. The summed E-state index contributed by atoms with van der Waals surface area (Å²) >= 11 is 1.75. The Hall–Kier alpha value is -2.14. The zero-order valence-electron chi connectivity index (χ0n) is 16.0. The van der Waals surface area contributed by atoms with E-state index in [4.69, 9.17) is 0 Å². The van der Waals surface area contributed by atoms with Gasteiger partial charge in [0.05, 0.1) is 0 Å². The van der Waals surface area contributed by atoms with E-state index in [1.807, 2.05) is 25.5 Å². The van der Waals surface area contributed by atoms with Gasteiger partial charge in [-0.1, -0.05) is 25.7 Å². The Morgan fingerprint density at radius 2 is 1.89 bits per heavy atom. The predicted octanol–water partition coefficient (Wildman–Crippen LogP) is 5.39. The minimum Gasteiger partial charge on any atom is -0.382 e. The Balaban J connectivity index is 1.83.